The van der Waals surface area contributed by atoms with Crippen molar-refractivity contribution in [1.82, 2.24) is 10.9 Å². The molecule has 1 aromatic heterocycles. The summed E-state index contributed by atoms with van der Waals surface area (Å²) in [5, 5.41) is 4.58. The normalized spacial score (nSPS) is 13.2. The first-order valence-electron chi connectivity index (χ1n) is 7.18. The minimum atomic E-state index is -0.421. The number of thiophene rings is 1. The zero-order valence-electron chi connectivity index (χ0n) is 12.2. The van der Waals surface area contributed by atoms with Gasteiger partial charge in [-0.1, -0.05) is 6.07 Å². The van der Waals surface area contributed by atoms with Crippen LogP contribution < -0.4 is 16.2 Å². The van der Waals surface area contributed by atoms with Crippen molar-refractivity contribution in [1.29, 1.82) is 0 Å². The van der Waals surface area contributed by atoms with Crippen LogP contribution in [-0.4, -0.2) is 17.7 Å². The Bertz CT molecular complexity index is 722. The monoisotopic (exact) mass is 329 g/mol. The summed E-state index contributed by atoms with van der Waals surface area (Å²) >= 11 is 1.29. The molecular weight excluding hydrogens is 314 g/mol. The summed E-state index contributed by atoms with van der Waals surface area (Å²) in [6, 6.07) is 9.94. The molecule has 1 heterocycles. The highest BCUT2D eigenvalue weighted by Gasteiger charge is 2.29. The standard InChI is InChI=1S/C16H15N3O3S/c20-14(10-3-4-10)17-12-7-5-11(6-8-12)15(21)18-19-16(22)13-2-1-9-23-13/h1-2,5-10H,3-4H2,(H,17,20)(H,18,21)(H,19,22). The highest BCUT2D eigenvalue weighted by atomic mass is 32.1. The maximum absolute atomic E-state index is 12.0. The minimum absolute atomic E-state index is 0.0189. The summed E-state index contributed by atoms with van der Waals surface area (Å²) < 4.78 is 0. The van der Waals surface area contributed by atoms with Crippen LogP contribution in [0.25, 0.3) is 0 Å². The lowest BCUT2D eigenvalue weighted by molar-refractivity contribution is -0.117. The average Bonchev–Trinajstić information content (AvgIpc) is 3.28. The van der Waals surface area contributed by atoms with Crippen LogP contribution in [0.1, 0.15) is 32.9 Å². The first kappa shape index (κ1) is 15.2. The molecule has 0 atom stereocenters. The third kappa shape index (κ3) is 3.95. The van der Waals surface area contributed by atoms with E-state index in [1.807, 2.05) is 0 Å². The van der Waals surface area contributed by atoms with Crippen LogP contribution in [0.15, 0.2) is 41.8 Å². The quantitative estimate of drug-likeness (QED) is 0.751. The Hall–Kier alpha value is -2.67. The first-order chi connectivity index (χ1) is 11.1. The van der Waals surface area contributed by atoms with E-state index >= 15 is 0 Å². The molecule has 3 amide bonds. The van der Waals surface area contributed by atoms with Gasteiger partial charge in [0.15, 0.2) is 0 Å². The summed E-state index contributed by atoms with van der Waals surface area (Å²) in [7, 11) is 0. The molecule has 0 saturated heterocycles. The molecular formula is C16H15N3O3S. The number of hydrogen-bond acceptors (Lipinski definition) is 4. The number of hydrazine groups is 1. The van der Waals surface area contributed by atoms with Crippen molar-refractivity contribution in [2.45, 2.75) is 12.8 Å². The van der Waals surface area contributed by atoms with E-state index in [4.69, 9.17) is 0 Å². The number of nitrogens with one attached hydrogen (secondary N) is 3. The van der Waals surface area contributed by atoms with Crippen LogP contribution in [0.3, 0.4) is 0 Å². The van der Waals surface area contributed by atoms with Gasteiger partial charge in [-0.2, -0.15) is 0 Å². The zero-order chi connectivity index (χ0) is 16.2. The van der Waals surface area contributed by atoms with Crippen LogP contribution in [0, 0.1) is 5.92 Å². The van der Waals surface area contributed by atoms with Crippen molar-refractivity contribution in [3.63, 3.8) is 0 Å². The average molecular weight is 329 g/mol. The summed E-state index contributed by atoms with van der Waals surface area (Å²) in [4.78, 5) is 35.8. The SMILES string of the molecule is O=C(NNC(=O)c1cccs1)c1ccc(NC(=O)C2CC2)cc1. The fraction of sp³-hybridized carbons (Fsp3) is 0.188. The van der Waals surface area contributed by atoms with Crippen molar-refractivity contribution in [3.05, 3.63) is 52.2 Å². The molecule has 3 N–H and O–H groups in total. The number of carbonyl (C=O) groups is 3. The van der Waals surface area contributed by atoms with Crippen LogP contribution in [-0.2, 0) is 4.79 Å². The van der Waals surface area contributed by atoms with Crippen LogP contribution in [0.2, 0.25) is 0 Å². The molecule has 1 aliphatic rings. The molecule has 118 valence electrons. The summed E-state index contributed by atoms with van der Waals surface area (Å²) in [6.07, 6.45) is 1.88. The zero-order valence-corrected chi connectivity index (χ0v) is 13.0. The fourth-order valence-corrected chi connectivity index (χ4v) is 2.57. The Morgan fingerprint density at radius 1 is 0.957 bits per heavy atom. The van der Waals surface area contributed by atoms with E-state index < -0.39 is 5.91 Å². The molecule has 6 nitrogen and oxygen atoms in total. The summed E-state index contributed by atoms with van der Waals surface area (Å²) in [5.41, 5.74) is 5.76. The Labute approximate surface area is 136 Å². The Morgan fingerprint density at radius 2 is 1.65 bits per heavy atom. The predicted octanol–water partition coefficient (Wildman–Crippen LogP) is 2.17. The van der Waals surface area contributed by atoms with E-state index in [9.17, 15) is 14.4 Å². The van der Waals surface area contributed by atoms with Crippen molar-refractivity contribution in [2.24, 2.45) is 5.92 Å². The van der Waals surface area contributed by atoms with Crippen molar-refractivity contribution in [2.75, 3.05) is 5.32 Å². The van der Waals surface area contributed by atoms with Gasteiger partial charge in [0.25, 0.3) is 11.8 Å². The number of benzene rings is 1. The molecule has 1 fully saturated rings. The molecule has 0 spiro atoms. The second-order valence-corrected chi connectivity index (χ2v) is 6.17. The smallest absolute Gasteiger partial charge is 0.279 e. The third-order valence-electron chi connectivity index (χ3n) is 3.40. The van der Waals surface area contributed by atoms with E-state index in [2.05, 4.69) is 16.2 Å². The molecule has 1 saturated carbocycles. The molecule has 0 aliphatic heterocycles. The second kappa shape index (κ2) is 6.62. The van der Waals surface area contributed by atoms with E-state index in [0.717, 1.165) is 12.8 Å². The number of anilines is 1. The fourth-order valence-electron chi connectivity index (χ4n) is 1.95. The Morgan fingerprint density at radius 3 is 2.26 bits per heavy atom. The van der Waals surface area contributed by atoms with Gasteiger partial charge in [-0.15, -0.1) is 11.3 Å². The van der Waals surface area contributed by atoms with Crippen molar-refractivity contribution >= 4 is 34.7 Å². The van der Waals surface area contributed by atoms with Gasteiger partial charge in [-0.3, -0.25) is 25.2 Å². The Kier molecular flexibility index (Phi) is 4.38. The van der Waals surface area contributed by atoms with Crippen LogP contribution in [0.4, 0.5) is 5.69 Å². The highest BCUT2D eigenvalue weighted by Crippen LogP contribution is 2.30. The van der Waals surface area contributed by atoms with E-state index in [1.165, 1.54) is 11.3 Å². The van der Waals surface area contributed by atoms with Gasteiger partial charge in [-0.05, 0) is 48.6 Å². The molecule has 23 heavy (non-hydrogen) atoms. The molecule has 1 aliphatic carbocycles. The maximum atomic E-state index is 12.0. The van der Waals surface area contributed by atoms with Crippen molar-refractivity contribution < 1.29 is 14.4 Å². The number of carbonyl (C=O) groups excluding carboxylic acids is 3. The van der Waals surface area contributed by atoms with Gasteiger partial charge in [0.1, 0.15) is 0 Å². The molecule has 3 rings (SSSR count). The predicted molar refractivity (Wildman–Crippen MR) is 87.0 cm³/mol. The minimum Gasteiger partial charge on any atom is -0.326 e. The van der Waals surface area contributed by atoms with Gasteiger partial charge in [0.2, 0.25) is 5.91 Å². The van der Waals surface area contributed by atoms with E-state index in [0.29, 0.717) is 16.1 Å². The molecule has 0 bridgehead atoms. The first-order valence-corrected chi connectivity index (χ1v) is 8.06. The van der Waals surface area contributed by atoms with Gasteiger partial charge < -0.3 is 5.32 Å². The van der Waals surface area contributed by atoms with Crippen LogP contribution >= 0.6 is 11.3 Å². The third-order valence-corrected chi connectivity index (χ3v) is 4.27. The van der Waals surface area contributed by atoms with Gasteiger partial charge in [-0.25, -0.2) is 0 Å². The Balaban J connectivity index is 1.52. The molecule has 0 radical (unpaired) electrons. The number of hydrogen-bond donors (Lipinski definition) is 3. The summed E-state index contributed by atoms with van der Waals surface area (Å²) in [6.45, 7) is 0. The van der Waals surface area contributed by atoms with Gasteiger partial charge in [0, 0.05) is 17.2 Å². The summed E-state index contributed by atoms with van der Waals surface area (Å²) in [5.74, 6) is -0.632. The van der Waals surface area contributed by atoms with Crippen LogP contribution in [0.5, 0.6) is 0 Å². The maximum Gasteiger partial charge on any atom is 0.279 e. The molecule has 1 aromatic carbocycles. The molecule has 0 unspecified atom stereocenters. The van der Waals surface area contributed by atoms with E-state index in [1.54, 1.807) is 41.8 Å². The largest absolute Gasteiger partial charge is 0.326 e. The van der Waals surface area contributed by atoms with E-state index in [-0.39, 0.29) is 17.7 Å². The number of rotatable bonds is 4. The van der Waals surface area contributed by atoms with Crippen molar-refractivity contribution in [3.8, 4) is 0 Å². The highest BCUT2D eigenvalue weighted by molar-refractivity contribution is 7.12. The lowest BCUT2D eigenvalue weighted by atomic mass is 10.2. The molecule has 7 heteroatoms. The lowest BCUT2D eigenvalue weighted by Gasteiger charge is -2.08. The topological polar surface area (TPSA) is 87.3 Å². The number of amides is 3. The molecule has 2 aromatic rings. The lowest BCUT2D eigenvalue weighted by Crippen LogP contribution is -2.41. The second-order valence-electron chi connectivity index (χ2n) is 5.23. The van der Waals surface area contributed by atoms with Gasteiger partial charge >= 0.3 is 0 Å². The van der Waals surface area contributed by atoms with Gasteiger partial charge in [0.05, 0.1) is 4.88 Å².